The number of hydrogen-bond acceptors (Lipinski definition) is 2. The van der Waals surface area contributed by atoms with Crippen LogP contribution in [-0.4, -0.2) is 28.4 Å². The Balaban J connectivity index is 1.90. The lowest BCUT2D eigenvalue weighted by Gasteiger charge is -2.35. The molecule has 1 heterocycles. The van der Waals surface area contributed by atoms with Gasteiger partial charge >= 0.3 is 12.1 Å². The molecule has 1 amide bonds. The lowest BCUT2D eigenvalue weighted by atomic mass is 9.92. The van der Waals surface area contributed by atoms with E-state index in [9.17, 15) is 27.9 Å². The third-order valence-electron chi connectivity index (χ3n) is 4.50. The molecule has 2 aromatic carbocycles. The Hall–Kier alpha value is -2.83. The number of hydrogen-bond donors (Lipinski definition) is 1. The molecule has 0 saturated carbocycles. The normalized spacial score (nSPS) is 16.9. The van der Waals surface area contributed by atoms with Gasteiger partial charge in [0.25, 0.3) is 0 Å². The van der Waals surface area contributed by atoms with Crippen molar-refractivity contribution in [3.8, 4) is 0 Å². The second-order valence-corrected chi connectivity index (χ2v) is 6.11. The number of carboxylic acid groups (broad SMARTS) is 1. The van der Waals surface area contributed by atoms with E-state index >= 15 is 0 Å². The average molecular weight is 363 g/mol. The van der Waals surface area contributed by atoms with E-state index in [0.717, 1.165) is 16.5 Å². The fraction of sp³-hybridized carbons (Fsp3) is 0.263. The van der Waals surface area contributed by atoms with Crippen LogP contribution in [0.1, 0.15) is 28.3 Å². The molecule has 4 nitrogen and oxygen atoms in total. The predicted octanol–water partition coefficient (Wildman–Crippen LogP) is 3.46. The number of fused-ring (bicyclic) bond motifs is 1. The molecular weight excluding hydrogens is 347 g/mol. The van der Waals surface area contributed by atoms with Gasteiger partial charge in [0.1, 0.15) is 0 Å². The van der Waals surface area contributed by atoms with Gasteiger partial charge in [0.05, 0.1) is 12.0 Å². The molecule has 3 rings (SSSR count). The zero-order valence-electron chi connectivity index (χ0n) is 13.7. The van der Waals surface area contributed by atoms with Gasteiger partial charge < -0.3 is 10.0 Å². The minimum atomic E-state index is -4.57. The molecule has 0 radical (unpaired) electrons. The second-order valence-electron chi connectivity index (χ2n) is 6.11. The minimum Gasteiger partial charge on any atom is -0.479 e. The van der Waals surface area contributed by atoms with Gasteiger partial charge in [-0.2, -0.15) is 13.2 Å². The van der Waals surface area contributed by atoms with Crippen molar-refractivity contribution in [3.63, 3.8) is 0 Å². The van der Waals surface area contributed by atoms with Gasteiger partial charge in [-0.05, 0) is 29.2 Å². The zero-order chi connectivity index (χ0) is 18.9. The van der Waals surface area contributed by atoms with Crippen LogP contribution in [0.3, 0.4) is 0 Å². The number of halogens is 3. The Morgan fingerprint density at radius 1 is 1.08 bits per heavy atom. The Morgan fingerprint density at radius 3 is 2.42 bits per heavy atom. The summed E-state index contributed by atoms with van der Waals surface area (Å²) in [5.41, 5.74) is 0.300. The maximum atomic E-state index is 13.1. The van der Waals surface area contributed by atoms with Gasteiger partial charge in [-0.25, -0.2) is 4.79 Å². The Bertz CT molecular complexity index is 848. The topological polar surface area (TPSA) is 57.6 Å². The van der Waals surface area contributed by atoms with Crippen LogP contribution in [0.4, 0.5) is 13.2 Å². The van der Waals surface area contributed by atoms with E-state index in [2.05, 4.69) is 0 Å². The summed E-state index contributed by atoms with van der Waals surface area (Å²) in [6.07, 6.45) is -4.61. The van der Waals surface area contributed by atoms with Gasteiger partial charge in [0.15, 0.2) is 6.04 Å². The van der Waals surface area contributed by atoms with E-state index in [1.54, 1.807) is 24.3 Å². The number of benzene rings is 2. The highest BCUT2D eigenvalue weighted by atomic mass is 19.4. The number of carbonyl (C=O) groups excluding carboxylic acids is 1. The predicted molar refractivity (Wildman–Crippen MR) is 87.4 cm³/mol. The summed E-state index contributed by atoms with van der Waals surface area (Å²) < 4.78 is 39.4. The molecule has 0 spiro atoms. The first-order valence-electron chi connectivity index (χ1n) is 8.04. The number of aliphatic carboxylic acids is 1. The van der Waals surface area contributed by atoms with Crippen LogP contribution in [-0.2, 0) is 28.6 Å². The number of amides is 1. The monoisotopic (exact) mass is 363 g/mol. The number of alkyl halides is 3. The first kappa shape index (κ1) is 18.0. The van der Waals surface area contributed by atoms with Gasteiger partial charge in [-0.15, -0.1) is 0 Å². The highest BCUT2D eigenvalue weighted by Gasteiger charge is 2.37. The lowest BCUT2D eigenvalue weighted by molar-refractivity contribution is -0.151. The fourth-order valence-corrected chi connectivity index (χ4v) is 3.32. The van der Waals surface area contributed by atoms with Gasteiger partial charge in [-0.3, -0.25) is 4.79 Å². The standard InChI is InChI=1S/C19H16F3NO3/c20-19(21,22)15-8-4-2-6-13(15)11-16(24)23-10-9-12-5-1-3-7-14(12)17(23)18(25)26/h1-8,17H,9-11H2,(H,25,26). The summed E-state index contributed by atoms with van der Waals surface area (Å²) in [5, 5.41) is 9.58. The van der Waals surface area contributed by atoms with Gasteiger partial charge in [0, 0.05) is 6.54 Å². The van der Waals surface area contributed by atoms with Crippen LogP contribution in [0.25, 0.3) is 0 Å². The first-order valence-corrected chi connectivity index (χ1v) is 8.04. The van der Waals surface area contributed by atoms with Crippen LogP contribution >= 0.6 is 0 Å². The summed E-state index contributed by atoms with van der Waals surface area (Å²) in [6, 6.07) is 10.6. The van der Waals surface area contributed by atoms with E-state index in [1.165, 1.54) is 18.2 Å². The van der Waals surface area contributed by atoms with E-state index in [4.69, 9.17) is 0 Å². The molecule has 1 atom stereocenters. The summed E-state index contributed by atoms with van der Waals surface area (Å²) in [5.74, 6) is -1.83. The molecule has 136 valence electrons. The Kier molecular flexibility index (Phi) is 4.71. The largest absolute Gasteiger partial charge is 0.479 e. The van der Waals surface area contributed by atoms with Gasteiger partial charge in [0.2, 0.25) is 5.91 Å². The first-order chi connectivity index (χ1) is 12.3. The molecule has 1 unspecified atom stereocenters. The summed E-state index contributed by atoms with van der Waals surface area (Å²) >= 11 is 0. The zero-order valence-corrected chi connectivity index (χ0v) is 13.7. The van der Waals surface area contributed by atoms with E-state index in [-0.39, 0.29) is 12.1 Å². The van der Waals surface area contributed by atoms with Crippen molar-refractivity contribution in [1.82, 2.24) is 4.90 Å². The van der Waals surface area contributed by atoms with E-state index in [1.807, 2.05) is 0 Å². The highest BCUT2D eigenvalue weighted by Crippen LogP contribution is 2.34. The van der Waals surface area contributed by atoms with Crippen LogP contribution < -0.4 is 0 Å². The molecule has 1 N–H and O–H groups in total. The van der Waals surface area contributed by atoms with Crippen LogP contribution in [0.2, 0.25) is 0 Å². The number of rotatable bonds is 3. The fourth-order valence-electron chi connectivity index (χ4n) is 3.32. The number of carbonyl (C=O) groups is 2. The Labute approximate surface area is 147 Å². The maximum absolute atomic E-state index is 13.1. The van der Waals surface area contributed by atoms with E-state index < -0.39 is 36.1 Å². The molecule has 0 bridgehead atoms. The molecule has 0 aromatic heterocycles. The van der Waals surface area contributed by atoms with Crippen LogP contribution in [0.15, 0.2) is 48.5 Å². The van der Waals surface area contributed by atoms with Crippen molar-refractivity contribution in [2.24, 2.45) is 0 Å². The van der Waals surface area contributed by atoms with Crippen molar-refractivity contribution in [3.05, 3.63) is 70.8 Å². The second kappa shape index (κ2) is 6.82. The third-order valence-corrected chi connectivity index (χ3v) is 4.50. The molecular formula is C19H16F3NO3. The third kappa shape index (κ3) is 3.42. The van der Waals surface area contributed by atoms with Crippen LogP contribution in [0.5, 0.6) is 0 Å². The Morgan fingerprint density at radius 2 is 1.73 bits per heavy atom. The molecule has 1 aliphatic rings. The summed E-state index contributed by atoms with van der Waals surface area (Å²) in [6.45, 7) is 0.154. The molecule has 2 aromatic rings. The number of nitrogens with zero attached hydrogens (tertiary/aromatic N) is 1. The van der Waals surface area contributed by atoms with Crippen molar-refractivity contribution < 1.29 is 27.9 Å². The number of carboxylic acids is 1. The summed E-state index contributed by atoms with van der Waals surface area (Å²) in [4.78, 5) is 25.6. The van der Waals surface area contributed by atoms with Crippen molar-refractivity contribution in [2.75, 3.05) is 6.54 Å². The molecule has 0 saturated heterocycles. The molecule has 0 aliphatic carbocycles. The molecule has 7 heteroatoms. The van der Waals surface area contributed by atoms with Gasteiger partial charge in [-0.1, -0.05) is 42.5 Å². The minimum absolute atomic E-state index is 0.154. The summed E-state index contributed by atoms with van der Waals surface area (Å²) in [7, 11) is 0. The van der Waals surface area contributed by atoms with Crippen molar-refractivity contribution in [2.45, 2.75) is 25.1 Å². The van der Waals surface area contributed by atoms with E-state index in [0.29, 0.717) is 12.0 Å². The molecule has 1 aliphatic heterocycles. The smallest absolute Gasteiger partial charge is 0.416 e. The SMILES string of the molecule is O=C(O)C1c2ccccc2CCN1C(=O)Cc1ccccc1C(F)(F)F. The maximum Gasteiger partial charge on any atom is 0.416 e. The molecule has 0 fully saturated rings. The van der Waals surface area contributed by atoms with Crippen molar-refractivity contribution in [1.29, 1.82) is 0 Å². The van der Waals surface area contributed by atoms with Crippen molar-refractivity contribution >= 4 is 11.9 Å². The average Bonchev–Trinajstić information content (AvgIpc) is 2.60. The van der Waals surface area contributed by atoms with Crippen LogP contribution in [0, 0.1) is 0 Å². The molecule has 26 heavy (non-hydrogen) atoms. The highest BCUT2D eigenvalue weighted by molar-refractivity contribution is 5.87. The quantitative estimate of drug-likeness (QED) is 0.909. The lowest BCUT2D eigenvalue weighted by Crippen LogP contribution is -2.44.